The second-order valence-electron chi connectivity index (χ2n) is 5.48. The molecule has 1 aliphatic rings. The first-order valence-corrected chi connectivity index (χ1v) is 8.33. The summed E-state index contributed by atoms with van der Waals surface area (Å²) >= 11 is 3.43. The Bertz CT molecular complexity index is 490. The minimum absolute atomic E-state index is 0.187. The summed E-state index contributed by atoms with van der Waals surface area (Å²) in [4.78, 5) is 13.2. The van der Waals surface area contributed by atoms with Crippen molar-refractivity contribution < 1.29 is 4.92 Å². The normalized spacial score (nSPS) is 17.9. The van der Waals surface area contributed by atoms with Crippen LogP contribution >= 0.6 is 15.9 Å². The lowest BCUT2D eigenvalue weighted by atomic mass is 10.1. The van der Waals surface area contributed by atoms with E-state index in [9.17, 15) is 10.1 Å². The number of unbranched alkanes of at least 4 members (excludes halogenated alkanes) is 1. The molecule has 1 N–H and O–H groups in total. The van der Waals surface area contributed by atoms with Gasteiger partial charge in [-0.25, -0.2) is 0 Å². The minimum atomic E-state index is -0.289. The fraction of sp³-hybridized carbons (Fsp3) is 0.600. The van der Waals surface area contributed by atoms with Crippen LogP contribution in [0.1, 0.15) is 32.6 Å². The van der Waals surface area contributed by atoms with Gasteiger partial charge in [0.25, 0.3) is 5.69 Å². The Balaban J connectivity index is 2.25. The fourth-order valence-corrected chi connectivity index (χ4v) is 3.09. The lowest BCUT2D eigenvalue weighted by Gasteiger charge is -2.27. The van der Waals surface area contributed by atoms with Crippen LogP contribution in [0.5, 0.6) is 0 Å². The van der Waals surface area contributed by atoms with Crippen molar-refractivity contribution >= 4 is 27.3 Å². The van der Waals surface area contributed by atoms with E-state index in [0.717, 1.165) is 49.1 Å². The van der Waals surface area contributed by atoms with Crippen LogP contribution in [0.4, 0.5) is 11.4 Å². The summed E-state index contributed by atoms with van der Waals surface area (Å²) in [5.74, 6) is 0. The van der Waals surface area contributed by atoms with Crippen LogP contribution in [-0.2, 0) is 0 Å². The lowest BCUT2D eigenvalue weighted by molar-refractivity contribution is -0.384. The van der Waals surface area contributed by atoms with Crippen molar-refractivity contribution in [1.82, 2.24) is 5.32 Å². The zero-order valence-corrected chi connectivity index (χ0v) is 13.9. The number of hydrogen-bond donors (Lipinski definition) is 1. The molecular formula is C15H22BrN3O2. The van der Waals surface area contributed by atoms with E-state index in [0.29, 0.717) is 6.04 Å². The van der Waals surface area contributed by atoms with Gasteiger partial charge in [0.05, 0.1) is 4.92 Å². The smallest absolute Gasteiger partial charge is 0.292 e. The van der Waals surface area contributed by atoms with Crippen LogP contribution in [0, 0.1) is 10.1 Å². The highest BCUT2D eigenvalue weighted by atomic mass is 79.9. The lowest BCUT2D eigenvalue weighted by Crippen LogP contribution is -2.38. The molecule has 1 saturated heterocycles. The van der Waals surface area contributed by atoms with Crippen molar-refractivity contribution in [3.05, 3.63) is 32.8 Å². The summed E-state index contributed by atoms with van der Waals surface area (Å²) < 4.78 is 0.879. The van der Waals surface area contributed by atoms with Gasteiger partial charge in [-0.05, 0) is 37.9 Å². The molecule has 0 radical (unpaired) electrons. The topological polar surface area (TPSA) is 58.4 Å². The number of nitro groups is 1. The third-order valence-electron chi connectivity index (χ3n) is 3.86. The van der Waals surface area contributed by atoms with Gasteiger partial charge in [-0.3, -0.25) is 10.1 Å². The highest BCUT2D eigenvalue weighted by Crippen LogP contribution is 2.32. The Morgan fingerprint density at radius 2 is 2.33 bits per heavy atom. The molecule has 1 fully saturated rings. The summed E-state index contributed by atoms with van der Waals surface area (Å²) in [5.41, 5.74) is 0.906. The maximum Gasteiger partial charge on any atom is 0.292 e. The van der Waals surface area contributed by atoms with Gasteiger partial charge in [0, 0.05) is 29.7 Å². The van der Waals surface area contributed by atoms with E-state index in [-0.39, 0.29) is 10.6 Å². The van der Waals surface area contributed by atoms with E-state index in [1.165, 1.54) is 6.42 Å². The van der Waals surface area contributed by atoms with Crippen molar-refractivity contribution in [2.24, 2.45) is 0 Å². The molecule has 6 heteroatoms. The Morgan fingerprint density at radius 3 is 2.95 bits per heavy atom. The molecule has 21 heavy (non-hydrogen) atoms. The second kappa shape index (κ2) is 7.75. The van der Waals surface area contributed by atoms with E-state index in [4.69, 9.17) is 0 Å². The number of hydrogen-bond acceptors (Lipinski definition) is 4. The van der Waals surface area contributed by atoms with Gasteiger partial charge in [-0.1, -0.05) is 29.3 Å². The summed E-state index contributed by atoms with van der Waals surface area (Å²) in [6.07, 6.45) is 4.45. The largest absolute Gasteiger partial charge is 0.364 e. The van der Waals surface area contributed by atoms with E-state index in [1.807, 2.05) is 6.07 Å². The standard InChI is InChI=1S/C15H22BrN3O2/c1-2-3-9-18(11-13-5-4-8-17-13)15-10-12(16)6-7-14(15)19(20)21/h6-7,10,13,17H,2-5,8-9,11H2,1H3. The van der Waals surface area contributed by atoms with Gasteiger partial charge >= 0.3 is 0 Å². The summed E-state index contributed by atoms with van der Waals surface area (Å²) in [6, 6.07) is 5.61. The van der Waals surface area contributed by atoms with Crippen molar-refractivity contribution in [3.63, 3.8) is 0 Å². The van der Waals surface area contributed by atoms with E-state index in [1.54, 1.807) is 12.1 Å². The molecule has 116 valence electrons. The van der Waals surface area contributed by atoms with Gasteiger partial charge in [0.15, 0.2) is 0 Å². The molecule has 0 aliphatic carbocycles. The predicted molar refractivity (Wildman–Crippen MR) is 88.9 cm³/mol. The Kier molecular flexibility index (Phi) is 5.99. The van der Waals surface area contributed by atoms with Crippen LogP contribution in [0.15, 0.2) is 22.7 Å². The Labute approximate surface area is 134 Å². The molecule has 0 spiro atoms. The van der Waals surface area contributed by atoms with Crippen LogP contribution in [0.25, 0.3) is 0 Å². The molecule has 1 aliphatic heterocycles. The fourth-order valence-electron chi connectivity index (χ4n) is 2.74. The van der Waals surface area contributed by atoms with Crippen LogP contribution in [0.3, 0.4) is 0 Å². The zero-order chi connectivity index (χ0) is 15.2. The molecule has 1 aromatic carbocycles. The first-order chi connectivity index (χ1) is 10.1. The van der Waals surface area contributed by atoms with Crippen molar-refractivity contribution in [1.29, 1.82) is 0 Å². The number of benzene rings is 1. The molecule has 2 rings (SSSR count). The Hall–Kier alpha value is -1.14. The molecule has 0 saturated carbocycles. The third kappa shape index (κ3) is 4.41. The molecule has 1 aromatic rings. The number of nitrogens with zero attached hydrogens (tertiary/aromatic N) is 2. The third-order valence-corrected chi connectivity index (χ3v) is 4.35. The van der Waals surface area contributed by atoms with Crippen LogP contribution in [-0.4, -0.2) is 30.6 Å². The molecular weight excluding hydrogens is 334 g/mol. The number of nitrogens with one attached hydrogen (secondary N) is 1. The quantitative estimate of drug-likeness (QED) is 0.598. The van der Waals surface area contributed by atoms with E-state index < -0.39 is 0 Å². The molecule has 5 nitrogen and oxygen atoms in total. The molecule has 1 atom stereocenters. The molecule has 1 unspecified atom stereocenters. The summed E-state index contributed by atoms with van der Waals surface area (Å²) in [7, 11) is 0. The molecule has 0 bridgehead atoms. The zero-order valence-electron chi connectivity index (χ0n) is 12.3. The summed E-state index contributed by atoms with van der Waals surface area (Å²) in [6.45, 7) is 4.87. The maximum absolute atomic E-state index is 11.3. The number of nitro benzene ring substituents is 1. The minimum Gasteiger partial charge on any atom is -0.364 e. The number of rotatable bonds is 7. The van der Waals surface area contributed by atoms with E-state index in [2.05, 4.69) is 33.1 Å². The Morgan fingerprint density at radius 1 is 1.52 bits per heavy atom. The first-order valence-electron chi connectivity index (χ1n) is 7.54. The average Bonchev–Trinajstić information content (AvgIpc) is 2.96. The van der Waals surface area contributed by atoms with Crippen molar-refractivity contribution in [2.75, 3.05) is 24.5 Å². The van der Waals surface area contributed by atoms with E-state index >= 15 is 0 Å². The SMILES string of the molecule is CCCCN(CC1CCCN1)c1cc(Br)ccc1[N+](=O)[O-]. The van der Waals surface area contributed by atoms with Gasteiger partial charge in [-0.15, -0.1) is 0 Å². The first kappa shape index (κ1) is 16.2. The number of anilines is 1. The van der Waals surface area contributed by atoms with Gasteiger partial charge < -0.3 is 10.2 Å². The molecule has 0 aromatic heterocycles. The van der Waals surface area contributed by atoms with Crippen LogP contribution < -0.4 is 10.2 Å². The average molecular weight is 356 g/mol. The highest BCUT2D eigenvalue weighted by Gasteiger charge is 2.23. The predicted octanol–water partition coefficient (Wildman–Crippen LogP) is 3.72. The monoisotopic (exact) mass is 355 g/mol. The van der Waals surface area contributed by atoms with Crippen LogP contribution in [0.2, 0.25) is 0 Å². The van der Waals surface area contributed by atoms with Gasteiger partial charge in [-0.2, -0.15) is 0 Å². The maximum atomic E-state index is 11.3. The molecule has 0 amide bonds. The van der Waals surface area contributed by atoms with Crippen molar-refractivity contribution in [3.8, 4) is 0 Å². The van der Waals surface area contributed by atoms with Gasteiger partial charge in [0.1, 0.15) is 5.69 Å². The second-order valence-corrected chi connectivity index (χ2v) is 6.40. The number of halogens is 1. The molecule has 1 heterocycles. The van der Waals surface area contributed by atoms with Gasteiger partial charge in [0.2, 0.25) is 0 Å². The highest BCUT2D eigenvalue weighted by molar-refractivity contribution is 9.10. The van der Waals surface area contributed by atoms with Crippen molar-refractivity contribution in [2.45, 2.75) is 38.6 Å². The summed E-state index contributed by atoms with van der Waals surface area (Å²) in [5, 5.41) is 14.8.